The van der Waals surface area contributed by atoms with Gasteiger partial charge in [0, 0.05) is 5.56 Å². The highest BCUT2D eigenvalue weighted by Crippen LogP contribution is 2.56. The van der Waals surface area contributed by atoms with Crippen molar-refractivity contribution in [3.63, 3.8) is 0 Å². The van der Waals surface area contributed by atoms with Gasteiger partial charge in [-0.3, -0.25) is 0 Å². The average Bonchev–Trinajstić information content (AvgIpc) is 2.63. The minimum Gasteiger partial charge on any atom is -0.412 e. The average molecular weight is 354 g/mol. The van der Waals surface area contributed by atoms with Gasteiger partial charge >= 0.3 is 7.60 Å². The topological polar surface area (TPSA) is 63.2 Å². The van der Waals surface area contributed by atoms with E-state index in [1.54, 1.807) is 24.3 Å². The maximum atomic E-state index is 13.6. The van der Waals surface area contributed by atoms with Crippen molar-refractivity contribution in [2.45, 2.75) is 12.7 Å². The van der Waals surface area contributed by atoms with Crippen LogP contribution in [0.25, 0.3) is 0 Å². The van der Waals surface area contributed by atoms with Crippen LogP contribution in [0.2, 0.25) is 0 Å². The van der Waals surface area contributed by atoms with Gasteiger partial charge in [-0.25, -0.2) is 4.57 Å². The van der Waals surface area contributed by atoms with Gasteiger partial charge in [0.25, 0.3) is 0 Å². The summed E-state index contributed by atoms with van der Waals surface area (Å²) in [5, 5.41) is 0. The number of benzene rings is 3. The zero-order valence-electron chi connectivity index (χ0n) is 14.0. The van der Waals surface area contributed by atoms with E-state index in [0.717, 1.165) is 11.1 Å². The maximum Gasteiger partial charge on any atom is 0.492 e. The van der Waals surface area contributed by atoms with E-state index < -0.39 is 13.4 Å². The Balaban J connectivity index is 1.95. The van der Waals surface area contributed by atoms with Crippen LogP contribution in [0.3, 0.4) is 0 Å². The second-order valence-corrected chi connectivity index (χ2v) is 7.84. The fourth-order valence-corrected chi connectivity index (χ4v) is 4.03. The van der Waals surface area contributed by atoms with Gasteiger partial charge in [0.2, 0.25) is 5.78 Å². The molecule has 0 bridgehead atoms. The van der Waals surface area contributed by atoms with Crippen molar-refractivity contribution >= 4 is 7.60 Å². The van der Waals surface area contributed by atoms with E-state index in [1.165, 1.54) is 0 Å². The first-order valence-corrected chi connectivity index (χ1v) is 9.67. The van der Waals surface area contributed by atoms with Crippen LogP contribution in [0.5, 0.6) is 11.5 Å². The molecule has 0 saturated heterocycles. The maximum absolute atomic E-state index is 13.6. The molecule has 128 valence electrons. The third-order valence-corrected chi connectivity index (χ3v) is 5.79. The van der Waals surface area contributed by atoms with Crippen LogP contribution in [0, 0.1) is 6.92 Å². The van der Waals surface area contributed by atoms with E-state index in [-0.39, 0.29) is 0 Å². The molecule has 5 heteroatoms. The molecule has 0 aliphatic carbocycles. The van der Waals surface area contributed by atoms with Crippen molar-refractivity contribution in [3.8, 4) is 11.5 Å². The molecule has 0 unspecified atom stereocenters. The van der Waals surface area contributed by atoms with Gasteiger partial charge in [-0.1, -0.05) is 66.2 Å². The molecule has 0 amide bonds. The summed E-state index contributed by atoms with van der Waals surface area (Å²) in [6, 6.07) is 25.8. The molecule has 3 rings (SSSR count). The van der Waals surface area contributed by atoms with Crippen molar-refractivity contribution in [2.75, 3.05) is 0 Å². The SMILES string of the molecule is Cc1ccc([C@H]([NH3+])P(=O)(Oc2ccccc2)Oc2ccccc2)cc1. The predicted octanol–water partition coefficient (Wildman–Crippen LogP) is 4.59. The van der Waals surface area contributed by atoms with Gasteiger partial charge in [-0.05, 0) is 31.2 Å². The molecule has 0 radical (unpaired) electrons. The van der Waals surface area contributed by atoms with Crippen LogP contribution >= 0.6 is 7.60 Å². The summed E-state index contributed by atoms with van der Waals surface area (Å²) in [5.41, 5.74) is 6.02. The number of para-hydroxylation sites is 2. The molecular formula is C20H21NO3P+. The number of aryl methyl sites for hydroxylation is 1. The lowest BCUT2D eigenvalue weighted by Gasteiger charge is -2.23. The van der Waals surface area contributed by atoms with Crippen molar-refractivity contribution < 1.29 is 19.3 Å². The molecule has 3 aromatic rings. The van der Waals surface area contributed by atoms with Crippen LogP contribution in [0.15, 0.2) is 84.9 Å². The Labute approximate surface area is 147 Å². The van der Waals surface area contributed by atoms with Crippen LogP contribution in [0.1, 0.15) is 16.9 Å². The second-order valence-electron chi connectivity index (χ2n) is 5.77. The largest absolute Gasteiger partial charge is 0.492 e. The van der Waals surface area contributed by atoms with Gasteiger partial charge in [-0.15, -0.1) is 0 Å². The number of rotatable bonds is 6. The zero-order valence-corrected chi connectivity index (χ0v) is 14.9. The fourth-order valence-electron chi connectivity index (χ4n) is 2.37. The first-order valence-electron chi connectivity index (χ1n) is 8.05. The lowest BCUT2D eigenvalue weighted by Crippen LogP contribution is -2.54. The zero-order chi connectivity index (χ0) is 17.7. The molecule has 0 saturated carbocycles. The quantitative estimate of drug-likeness (QED) is 0.659. The fraction of sp³-hybridized carbons (Fsp3) is 0.100. The van der Waals surface area contributed by atoms with Gasteiger partial charge in [0.05, 0.1) is 0 Å². The van der Waals surface area contributed by atoms with E-state index in [1.807, 2.05) is 67.6 Å². The first kappa shape index (κ1) is 17.3. The molecular weight excluding hydrogens is 333 g/mol. The van der Waals surface area contributed by atoms with E-state index in [9.17, 15) is 4.57 Å². The summed E-state index contributed by atoms with van der Waals surface area (Å²) < 4.78 is 25.3. The molecule has 3 aromatic carbocycles. The standard InChI is InChI=1S/C20H20NO3P/c1-16-12-14-17(15-13-16)20(21)25(22,23-18-8-4-2-5-9-18)24-19-10-6-3-7-11-19/h2-15,20H,21H2,1H3/p+1/t20-/m1/s1. The smallest absolute Gasteiger partial charge is 0.412 e. The Morgan fingerprint density at radius 3 is 1.64 bits per heavy atom. The molecule has 0 aliphatic rings. The normalized spacial score (nSPS) is 12.4. The molecule has 0 aliphatic heterocycles. The molecule has 1 atom stereocenters. The highest BCUT2D eigenvalue weighted by Gasteiger charge is 2.41. The minimum absolute atomic E-state index is 0.488. The molecule has 25 heavy (non-hydrogen) atoms. The Hall–Kier alpha value is -2.55. The molecule has 4 nitrogen and oxygen atoms in total. The Kier molecular flexibility index (Phi) is 5.22. The minimum atomic E-state index is -3.60. The highest BCUT2D eigenvalue weighted by molar-refractivity contribution is 7.54. The summed E-state index contributed by atoms with van der Waals surface area (Å²) in [6.07, 6.45) is 0. The van der Waals surface area contributed by atoms with Crippen molar-refractivity contribution in [1.29, 1.82) is 0 Å². The number of hydrogen-bond donors (Lipinski definition) is 1. The molecule has 0 spiro atoms. The molecule has 0 fully saturated rings. The number of quaternary nitrogens is 1. The Bertz CT molecular complexity index is 806. The van der Waals surface area contributed by atoms with E-state index in [2.05, 4.69) is 5.73 Å². The third-order valence-electron chi connectivity index (χ3n) is 3.80. The molecule has 3 N–H and O–H groups in total. The highest BCUT2D eigenvalue weighted by atomic mass is 31.2. The van der Waals surface area contributed by atoms with Crippen LogP contribution in [-0.4, -0.2) is 0 Å². The van der Waals surface area contributed by atoms with E-state index in [0.29, 0.717) is 11.5 Å². The Morgan fingerprint density at radius 2 is 1.20 bits per heavy atom. The first-order chi connectivity index (χ1) is 12.1. The predicted molar refractivity (Wildman–Crippen MR) is 98.6 cm³/mol. The van der Waals surface area contributed by atoms with E-state index >= 15 is 0 Å². The summed E-state index contributed by atoms with van der Waals surface area (Å²) in [4.78, 5) is 0. The summed E-state index contributed by atoms with van der Waals surface area (Å²) in [5.74, 6) is 0.318. The van der Waals surface area contributed by atoms with Gasteiger partial charge in [0.1, 0.15) is 11.5 Å². The summed E-state index contributed by atoms with van der Waals surface area (Å²) >= 11 is 0. The van der Waals surface area contributed by atoms with Gasteiger partial charge in [0.15, 0.2) is 0 Å². The van der Waals surface area contributed by atoms with Crippen LogP contribution in [-0.2, 0) is 4.57 Å². The third kappa shape index (κ3) is 4.30. The van der Waals surface area contributed by atoms with Crippen molar-refractivity contribution in [3.05, 3.63) is 96.1 Å². The summed E-state index contributed by atoms with van der Waals surface area (Å²) in [7, 11) is -3.60. The Morgan fingerprint density at radius 1 is 0.760 bits per heavy atom. The lowest BCUT2D eigenvalue weighted by atomic mass is 10.1. The van der Waals surface area contributed by atoms with Crippen LogP contribution < -0.4 is 14.8 Å². The lowest BCUT2D eigenvalue weighted by molar-refractivity contribution is -0.398. The molecule has 0 aromatic heterocycles. The van der Waals surface area contributed by atoms with Crippen molar-refractivity contribution in [2.24, 2.45) is 0 Å². The molecule has 0 heterocycles. The van der Waals surface area contributed by atoms with Gasteiger partial charge in [-0.2, -0.15) is 0 Å². The second kappa shape index (κ2) is 7.56. The van der Waals surface area contributed by atoms with Crippen molar-refractivity contribution in [1.82, 2.24) is 0 Å². The number of hydrogen-bond acceptors (Lipinski definition) is 3. The van der Waals surface area contributed by atoms with Crippen LogP contribution in [0.4, 0.5) is 0 Å². The monoisotopic (exact) mass is 354 g/mol. The summed E-state index contributed by atoms with van der Waals surface area (Å²) in [6.45, 7) is 2.00. The van der Waals surface area contributed by atoms with E-state index in [4.69, 9.17) is 9.05 Å². The van der Waals surface area contributed by atoms with Gasteiger partial charge < -0.3 is 14.8 Å².